The van der Waals surface area contributed by atoms with Crippen LogP contribution in [0.2, 0.25) is 0 Å². The molecular formula is C29H33F2N5O6S. The molecule has 1 saturated carbocycles. The Balaban J connectivity index is 1.37. The second kappa shape index (κ2) is 10.7. The molecule has 1 aliphatic heterocycles. The van der Waals surface area contributed by atoms with Crippen LogP contribution in [0.3, 0.4) is 0 Å². The van der Waals surface area contributed by atoms with Crippen molar-refractivity contribution in [2.75, 3.05) is 31.4 Å². The normalized spacial score (nSPS) is 16.7. The first-order valence-corrected chi connectivity index (χ1v) is 15.2. The highest BCUT2D eigenvalue weighted by Crippen LogP contribution is 2.54. The van der Waals surface area contributed by atoms with Crippen LogP contribution >= 0.6 is 0 Å². The van der Waals surface area contributed by atoms with E-state index < -0.39 is 50.0 Å². The van der Waals surface area contributed by atoms with E-state index in [1.807, 2.05) is 4.72 Å². The first-order valence-electron chi connectivity index (χ1n) is 13.8. The van der Waals surface area contributed by atoms with E-state index in [4.69, 9.17) is 4.74 Å². The zero-order valence-electron chi connectivity index (χ0n) is 24.5. The Labute approximate surface area is 247 Å². The summed E-state index contributed by atoms with van der Waals surface area (Å²) in [5.41, 5.74) is -2.50. The minimum absolute atomic E-state index is 0.0959. The summed E-state index contributed by atoms with van der Waals surface area (Å²) in [7, 11) is -2.86. The highest BCUT2D eigenvalue weighted by atomic mass is 32.2. The Bertz CT molecular complexity index is 1790. The number of anilines is 1. The molecule has 1 N–H and O–H groups in total. The fraction of sp³-hybridized carbons (Fsp3) is 0.448. The smallest absolute Gasteiger partial charge is 0.410 e. The summed E-state index contributed by atoms with van der Waals surface area (Å²) < 4.78 is 64.7. The molecule has 11 nitrogen and oxygen atoms in total. The summed E-state index contributed by atoms with van der Waals surface area (Å²) in [5, 5.41) is 0.0977. The summed E-state index contributed by atoms with van der Waals surface area (Å²) in [4.78, 5) is 45.0. The standard InChI is InChI=1S/C29H33F2N5O6S/c1-6-34(5)43(40,41)33-22-10-8-20(30)23(24(22)31)25(37)17-7-9-21-19(11-17)26(38)36(16-32-21)18-12-29(13-18)14-35(15-29)27(39)42-28(2,3)4/h7-11,16,18,33H,6,12-15H2,1-5H3. The Hall–Kier alpha value is -3.91. The number of hydrogen-bond donors (Lipinski definition) is 1. The number of ketones is 1. The average molecular weight is 618 g/mol. The summed E-state index contributed by atoms with van der Waals surface area (Å²) >= 11 is 0. The number of aromatic nitrogens is 2. The molecule has 0 unspecified atom stereocenters. The van der Waals surface area contributed by atoms with Crippen LogP contribution in [0.15, 0.2) is 41.5 Å². The molecule has 14 heteroatoms. The highest BCUT2D eigenvalue weighted by Gasteiger charge is 2.55. The maximum absolute atomic E-state index is 15.3. The Morgan fingerprint density at radius 3 is 2.47 bits per heavy atom. The third-order valence-corrected chi connectivity index (χ3v) is 9.45. The molecule has 2 fully saturated rings. The molecule has 3 aromatic rings. The largest absolute Gasteiger partial charge is 0.444 e. The predicted octanol–water partition coefficient (Wildman–Crippen LogP) is 4.09. The van der Waals surface area contributed by atoms with Gasteiger partial charge in [0.15, 0.2) is 11.6 Å². The molecule has 230 valence electrons. The molecule has 5 rings (SSSR count). The van der Waals surface area contributed by atoms with Gasteiger partial charge in [-0.15, -0.1) is 0 Å². The molecule has 1 spiro atoms. The number of likely N-dealkylation sites (tertiary alicyclic amines) is 1. The van der Waals surface area contributed by atoms with Crippen LogP contribution in [0.1, 0.15) is 62.5 Å². The summed E-state index contributed by atoms with van der Waals surface area (Å²) in [6, 6.07) is 5.50. The molecule has 1 aliphatic carbocycles. The average Bonchev–Trinajstić information content (AvgIpc) is 2.88. The van der Waals surface area contributed by atoms with Gasteiger partial charge in [-0.2, -0.15) is 12.7 Å². The zero-order valence-corrected chi connectivity index (χ0v) is 25.3. The predicted molar refractivity (Wildman–Crippen MR) is 155 cm³/mol. The molecule has 1 aromatic heterocycles. The number of amides is 1. The SMILES string of the molecule is CCN(C)S(=O)(=O)Nc1ccc(F)c(C(=O)c2ccc3ncn(C4CC5(C4)CN(C(=O)OC(C)(C)C)C5)c(=O)c3c2)c1F. The van der Waals surface area contributed by atoms with E-state index in [1.165, 1.54) is 36.1 Å². The minimum Gasteiger partial charge on any atom is -0.444 e. The van der Waals surface area contributed by atoms with Gasteiger partial charge in [0.05, 0.1) is 28.5 Å². The van der Waals surface area contributed by atoms with Gasteiger partial charge in [0, 0.05) is 43.7 Å². The number of halogens is 2. The highest BCUT2D eigenvalue weighted by molar-refractivity contribution is 7.90. The van der Waals surface area contributed by atoms with Crippen molar-refractivity contribution in [3.05, 3.63) is 69.8 Å². The first-order chi connectivity index (χ1) is 20.0. The number of carbonyl (C=O) groups excluding carboxylic acids is 2. The van der Waals surface area contributed by atoms with Gasteiger partial charge in [-0.05, 0) is 63.9 Å². The molecular weight excluding hydrogens is 584 g/mol. The van der Waals surface area contributed by atoms with E-state index in [9.17, 15) is 27.2 Å². The van der Waals surface area contributed by atoms with Gasteiger partial charge in [0.25, 0.3) is 5.56 Å². The van der Waals surface area contributed by atoms with Crippen molar-refractivity contribution in [3.63, 3.8) is 0 Å². The fourth-order valence-corrected chi connectivity index (χ4v) is 6.45. The maximum Gasteiger partial charge on any atom is 0.410 e. The molecule has 2 aliphatic rings. The second-order valence-corrected chi connectivity index (χ2v) is 14.0. The van der Waals surface area contributed by atoms with Crippen molar-refractivity contribution in [1.82, 2.24) is 18.8 Å². The van der Waals surface area contributed by atoms with Crippen LogP contribution in [0.25, 0.3) is 10.9 Å². The number of fused-ring (bicyclic) bond motifs is 1. The molecule has 1 saturated heterocycles. The van der Waals surface area contributed by atoms with Gasteiger partial charge in [0.1, 0.15) is 11.4 Å². The van der Waals surface area contributed by atoms with E-state index in [1.54, 1.807) is 32.6 Å². The molecule has 1 amide bonds. The maximum atomic E-state index is 15.3. The van der Waals surface area contributed by atoms with E-state index >= 15 is 4.39 Å². The van der Waals surface area contributed by atoms with Crippen LogP contribution in [0.4, 0.5) is 19.3 Å². The summed E-state index contributed by atoms with van der Waals surface area (Å²) in [6.45, 7) is 8.16. The van der Waals surface area contributed by atoms with Crippen molar-refractivity contribution in [3.8, 4) is 0 Å². The Morgan fingerprint density at radius 1 is 1.16 bits per heavy atom. The van der Waals surface area contributed by atoms with Crippen LogP contribution < -0.4 is 10.3 Å². The Morgan fingerprint density at radius 2 is 1.84 bits per heavy atom. The molecule has 43 heavy (non-hydrogen) atoms. The van der Waals surface area contributed by atoms with Gasteiger partial charge in [0.2, 0.25) is 0 Å². The number of nitrogens with one attached hydrogen (secondary N) is 1. The number of hydrogen-bond acceptors (Lipinski definition) is 7. The molecule has 2 heterocycles. The van der Waals surface area contributed by atoms with E-state index in [-0.39, 0.29) is 35.0 Å². The third-order valence-electron chi connectivity index (χ3n) is 7.89. The van der Waals surface area contributed by atoms with E-state index in [0.717, 1.165) is 16.4 Å². The Kier molecular flexibility index (Phi) is 7.58. The minimum atomic E-state index is -4.14. The van der Waals surface area contributed by atoms with Crippen LogP contribution in [0, 0.1) is 17.0 Å². The van der Waals surface area contributed by atoms with Crippen LogP contribution in [0.5, 0.6) is 0 Å². The number of ether oxygens (including phenoxy) is 1. The van der Waals surface area contributed by atoms with Crippen molar-refractivity contribution in [1.29, 1.82) is 0 Å². The zero-order chi connectivity index (χ0) is 31.5. The van der Waals surface area contributed by atoms with Crippen molar-refractivity contribution >= 4 is 38.7 Å². The van der Waals surface area contributed by atoms with Gasteiger partial charge in [-0.25, -0.2) is 18.6 Å². The van der Waals surface area contributed by atoms with Crippen molar-refractivity contribution in [2.24, 2.45) is 5.41 Å². The fourth-order valence-electron chi connectivity index (χ4n) is 5.52. The van der Waals surface area contributed by atoms with Crippen molar-refractivity contribution in [2.45, 2.75) is 52.2 Å². The quantitative estimate of drug-likeness (QED) is 0.395. The lowest BCUT2D eigenvalue weighted by Gasteiger charge is -2.58. The molecule has 0 radical (unpaired) electrons. The first kappa shape index (κ1) is 30.5. The van der Waals surface area contributed by atoms with Crippen molar-refractivity contribution < 1.29 is 31.5 Å². The molecule has 2 aromatic carbocycles. The molecule has 0 atom stereocenters. The summed E-state index contributed by atoms with van der Waals surface area (Å²) in [5.74, 6) is -3.61. The van der Waals surface area contributed by atoms with Crippen LogP contribution in [-0.2, 0) is 14.9 Å². The number of carbonyl (C=O) groups is 2. The number of nitrogens with zero attached hydrogens (tertiary/aromatic N) is 4. The van der Waals surface area contributed by atoms with Gasteiger partial charge < -0.3 is 9.64 Å². The van der Waals surface area contributed by atoms with E-state index in [0.29, 0.717) is 31.4 Å². The monoisotopic (exact) mass is 617 g/mol. The number of benzene rings is 2. The second-order valence-electron chi connectivity index (χ2n) is 12.2. The lowest BCUT2D eigenvalue weighted by molar-refractivity contribution is -0.0913. The number of rotatable bonds is 7. The van der Waals surface area contributed by atoms with Gasteiger partial charge in [-0.3, -0.25) is 18.9 Å². The topological polar surface area (TPSA) is 131 Å². The van der Waals surface area contributed by atoms with Crippen LogP contribution in [-0.4, -0.2) is 71.3 Å². The van der Waals surface area contributed by atoms with Gasteiger partial charge in [-0.1, -0.05) is 6.92 Å². The third kappa shape index (κ3) is 5.73. The summed E-state index contributed by atoms with van der Waals surface area (Å²) in [6.07, 6.45) is 2.39. The molecule has 0 bridgehead atoms. The van der Waals surface area contributed by atoms with Gasteiger partial charge >= 0.3 is 16.3 Å². The lowest BCUT2D eigenvalue weighted by Crippen LogP contribution is -2.64. The lowest BCUT2D eigenvalue weighted by atomic mass is 9.60. The van der Waals surface area contributed by atoms with E-state index in [2.05, 4.69) is 4.98 Å².